The Bertz CT molecular complexity index is 673. The van der Waals surface area contributed by atoms with Crippen LogP contribution in [0.15, 0.2) is 52.8 Å². The summed E-state index contributed by atoms with van der Waals surface area (Å²) in [5.41, 5.74) is 0. The van der Waals surface area contributed by atoms with Gasteiger partial charge in [0.1, 0.15) is 12.4 Å². The summed E-state index contributed by atoms with van der Waals surface area (Å²) in [6, 6.07) is 14.5. The molecule has 0 spiro atoms. The molecule has 6 nitrogen and oxygen atoms in total. The minimum atomic E-state index is 0.327. The molecule has 7 heteroatoms. The Kier molecular flexibility index (Phi) is 7.95. The second-order valence-corrected chi connectivity index (χ2v) is 7.20. The van der Waals surface area contributed by atoms with E-state index in [0.29, 0.717) is 19.2 Å². The van der Waals surface area contributed by atoms with Gasteiger partial charge in [0.25, 0.3) is 0 Å². The van der Waals surface area contributed by atoms with E-state index in [0.717, 1.165) is 44.6 Å². The number of morpholine rings is 1. The summed E-state index contributed by atoms with van der Waals surface area (Å²) >= 11 is 1.80. The maximum absolute atomic E-state index is 5.71. The molecule has 2 heterocycles. The molecule has 0 radical (unpaired) electrons. The maximum Gasteiger partial charge on any atom is 0.191 e. The highest BCUT2D eigenvalue weighted by molar-refractivity contribution is 7.10. The number of rotatable bonds is 8. The molecule has 146 valence electrons. The number of hydrogen-bond donors (Lipinski definition) is 2. The van der Waals surface area contributed by atoms with Crippen molar-refractivity contribution in [2.45, 2.75) is 6.04 Å². The summed E-state index contributed by atoms with van der Waals surface area (Å²) in [5.74, 6) is 1.67. The van der Waals surface area contributed by atoms with Crippen molar-refractivity contribution in [2.24, 2.45) is 4.99 Å². The SMILES string of the molecule is CN=C(NCCOc1ccccc1)NCC(c1cccs1)N1CCOCC1. The average molecular weight is 389 g/mol. The van der Waals surface area contributed by atoms with Crippen LogP contribution in [0.4, 0.5) is 0 Å². The van der Waals surface area contributed by atoms with Crippen LogP contribution in [0.5, 0.6) is 5.75 Å². The third kappa shape index (κ3) is 6.23. The molecule has 0 bridgehead atoms. The predicted molar refractivity (Wildman–Crippen MR) is 111 cm³/mol. The standard InChI is InChI=1S/C20H28N4O2S/c1-21-20(22-9-12-26-17-6-3-2-4-7-17)23-16-18(19-8-5-15-27-19)24-10-13-25-14-11-24/h2-8,15,18H,9-14,16H2,1H3,(H2,21,22,23). The summed E-state index contributed by atoms with van der Waals surface area (Å²) in [7, 11) is 1.79. The lowest BCUT2D eigenvalue weighted by Crippen LogP contribution is -2.46. The highest BCUT2D eigenvalue weighted by atomic mass is 32.1. The van der Waals surface area contributed by atoms with E-state index in [4.69, 9.17) is 9.47 Å². The summed E-state index contributed by atoms with van der Waals surface area (Å²) in [6.07, 6.45) is 0. The van der Waals surface area contributed by atoms with Crippen LogP contribution >= 0.6 is 11.3 Å². The predicted octanol–water partition coefficient (Wildman–Crippen LogP) is 2.37. The Labute approximate surface area is 165 Å². The van der Waals surface area contributed by atoms with E-state index in [2.05, 4.69) is 38.0 Å². The van der Waals surface area contributed by atoms with E-state index in [-0.39, 0.29) is 0 Å². The van der Waals surface area contributed by atoms with Crippen molar-refractivity contribution >= 4 is 17.3 Å². The zero-order valence-corrected chi connectivity index (χ0v) is 16.6. The number of nitrogens with one attached hydrogen (secondary N) is 2. The molecule has 1 aliphatic heterocycles. The summed E-state index contributed by atoms with van der Waals surface area (Å²) in [4.78, 5) is 8.18. The fraction of sp³-hybridized carbons (Fsp3) is 0.450. The van der Waals surface area contributed by atoms with Crippen molar-refractivity contribution in [1.29, 1.82) is 0 Å². The Balaban J connectivity index is 1.46. The van der Waals surface area contributed by atoms with E-state index in [1.807, 2.05) is 30.3 Å². The fourth-order valence-electron chi connectivity index (χ4n) is 3.05. The third-order valence-electron chi connectivity index (χ3n) is 4.45. The van der Waals surface area contributed by atoms with Gasteiger partial charge in [0.05, 0.1) is 25.8 Å². The minimum Gasteiger partial charge on any atom is -0.492 e. The van der Waals surface area contributed by atoms with E-state index in [1.165, 1.54) is 4.88 Å². The molecule has 1 atom stereocenters. The first kappa shape index (κ1) is 19.7. The average Bonchev–Trinajstić information content (AvgIpc) is 3.26. The molecule has 27 heavy (non-hydrogen) atoms. The Morgan fingerprint density at radius 2 is 2.00 bits per heavy atom. The second-order valence-electron chi connectivity index (χ2n) is 6.22. The van der Waals surface area contributed by atoms with Gasteiger partial charge >= 0.3 is 0 Å². The van der Waals surface area contributed by atoms with Crippen LogP contribution in [0.2, 0.25) is 0 Å². The summed E-state index contributed by atoms with van der Waals surface area (Å²) in [5, 5.41) is 8.91. The van der Waals surface area contributed by atoms with Gasteiger partial charge in [0, 0.05) is 31.6 Å². The van der Waals surface area contributed by atoms with E-state index >= 15 is 0 Å². The van der Waals surface area contributed by atoms with Gasteiger partial charge in [-0.15, -0.1) is 11.3 Å². The lowest BCUT2D eigenvalue weighted by atomic mass is 10.2. The van der Waals surface area contributed by atoms with Crippen molar-refractivity contribution in [2.75, 3.05) is 53.0 Å². The monoisotopic (exact) mass is 388 g/mol. The Morgan fingerprint density at radius 3 is 2.70 bits per heavy atom. The van der Waals surface area contributed by atoms with Crippen molar-refractivity contribution in [1.82, 2.24) is 15.5 Å². The van der Waals surface area contributed by atoms with Crippen molar-refractivity contribution in [3.63, 3.8) is 0 Å². The van der Waals surface area contributed by atoms with Gasteiger partial charge in [0.2, 0.25) is 0 Å². The van der Waals surface area contributed by atoms with Crippen LogP contribution in [0.1, 0.15) is 10.9 Å². The van der Waals surface area contributed by atoms with Gasteiger partial charge in [-0.1, -0.05) is 24.3 Å². The molecule has 1 fully saturated rings. The van der Waals surface area contributed by atoms with Crippen LogP contribution in [0.25, 0.3) is 0 Å². The van der Waals surface area contributed by atoms with E-state index in [1.54, 1.807) is 18.4 Å². The number of thiophene rings is 1. The number of para-hydroxylation sites is 1. The van der Waals surface area contributed by atoms with Crippen LogP contribution in [0, 0.1) is 0 Å². The molecule has 1 saturated heterocycles. The molecular formula is C20H28N4O2S. The number of nitrogens with zero attached hydrogens (tertiary/aromatic N) is 2. The minimum absolute atomic E-state index is 0.327. The first-order valence-electron chi connectivity index (χ1n) is 9.34. The molecule has 1 aromatic heterocycles. The number of aliphatic imine (C=N–C) groups is 1. The molecule has 1 aromatic carbocycles. The zero-order chi connectivity index (χ0) is 18.7. The molecule has 1 aliphatic rings. The largest absolute Gasteiger partial charge is 0.492 e. The van der Waals surface area contributed by atoms with E-state index < -0.39 is 0 Å². The topological polar surface area (TPSA) is 58.1 Å². The molecule has 2 aromatic rings. The zero-order valence-electron chi connectivity index (χ0n) is 15.8. The number of benzene rings is 1. The first-order chi connectivity index (χ1) is 13.4. The first-order valence-corrected chi connectivity index (χ1v) is 10.2. The van der Waals surface area contributed by atoms with Crippen molar-refractivity contribution in [3.05, 3.63) is 52.7 Å². The van der Waals surface area contributed by atoms with E-state index in [9.17, 15) is 0 Å². The molecule has 0 saturated carbocycles. The van der Waals surface area contributed by atoms with Gasteiger partial charge in [-0.3, -0.25) is 9.89 Å². The van der Waals surface area contributed by atoms with Crippen molar-refractivity contribution < 1.29 is 9.47 Å². The van der Waals surface area contributed by atoms with Crippen molar-refractivity contribution in [3.8, 4) is 5.75 Å². The van der Waals surface area contributed by atoms with Gasteiger partial charge in [-0.2, -0.15) is 0 Å². The third-order valence-corrected chi connectivity index (χ3v) is 5.42. The molecule has 0 aliphatic carbocycles. The Morgan fingerprint density at radius 1 is 1.19 bits per heavy atom. The highest BCUT2D eigenvalue weighted by Crippen LogP contribution is 2.25. The normalized spacial score (nSPS) is 16.7. The van der Waals surface area contributed by atoms with Crippen LogP contribution < -0.4 is 15.4 Å². The lowest BCUT2D eigenvalue weighted by molar-refractivity contribution is 0.0177. The van der Waals surface area contributed by atoms with Gasteiger partial charge in [-0.05, 0) is 23.6 Å². The molecule has 1 unspecified atom stereocenters. The summed E-state index contributed by atoms with van der Waals surface area (Å²) in [6.45, 7) is 5.60. The number of ether oxygens (including phenoxy) is 2. The smallest absolute Gasteiger partial charge is 0.191 e. The lowest BCUT2D eigenvalue weighted by Gasteiger charge is -2.34. The fourth-order valence-corrected chi connectivity index (χ4v) is 3.91. The molecule has 0 amide bonds. The van der Waals surface area contributed by atoms with Gasteiger partial charge in [0.15, 0.2) is 5.96 Å². The number of hydrogen-bond acceptors (Lipinski definition) is 5. The molecule has 2 N–H and O–H groups in total. The number of guanidine groups is 1. The quantitative estimate of drug-likeness (QED) is 0.413. The van der Waals surface area contributed by atoms with Gasteiger partial charge in [-0.25, -0.2) is 0 Å². The molecular weight excluding hydrogens is 360 g/mol. The van der Waals surface area contributed by atoms with Crippen LogP contribution in [-0.2, 0) is 4.74 Å². The maximum atomic E-state index is 5.71. The Hall–Kier alpha value is -2.09. The highest BCUT2D eigenvalue weighted by Gasteiger charge is 2.23. The molecule has 3 rings (SSSR count). The van der Waals surface area contributed by atoms with Crippen LogP contribution in [0.3, 0.4) is 0 Å². The summed E-state index contributed by atoms with van der Waals surface area (Å²) < 4.78 is 11.2. The van der Waals surface area contributed by atoms with Gasteiger partial charge < -0.3 is 20.1 Å². The second kappa shape index (κ2) is 10.9. The van der Waals surface area contributed by atoms with Crippen LogP contribution in [-0.4, -0.2) is 63.9 Å².